The van der Waals surface area contributed by atoms with Gasteiger partial charge in [0.15, 0.2) is 0 Å². The number of carbonyl (C=O) groups is 1. The van der Waals surface area contributed by atoms with Gasteiger partial charge in [-0.05, 0) is 19.1 Å². The number of halogens is 1. The van der Waals surface area contributed by atoms with E-state index in [1.807, 2.05) is 0 Å². The van der Waals surface area contributed by atoms with Crippen LogP contribution in [-0.2, 0) is 0 Å². The second-order valence-corrected chi connectivity index (χ2v) is 4.15. The quantitative estimate of drug-likeness (QED) is 0.892. The largest absolute Gasteiger partial charge is 0.295 e. The van der Waals surface area contributed by atoms with E-state index in [0.717, 1.165) is 11.5 Å². The van der Waals surface area contributed by atoms with Crippen LogP contribution in [0.5, 0.6) is 0 Å². The van der Waals surface area contributed by atoms with Crippen LogP contribution in [0, 0.1) is 6.92 Å². The molecule has 0 fully saturated rings. The van der Waals surface area contributed by atoms with Crippen molar-refractivity contribution in [2.75, 3.05) is 5.32 Å². The molecule has 0 saturated heterocycles. The molecule has 1 amide bonds. The van der Waals surface area contributed by atoms with Gasteiger partial charge in [-0.15, -0.1) is 0 Å². The first-order valence-corrected chi connectivity index (χ1v) is 5.53. The summed E-state index contributed by atoms with van der Waals surface area (Å²) in [7, 11) is 0. The highest BCUT2D eigenvalue weighted by atomic mass is 35.5. The molecule has 0 bridgehead atoms. The van der Waals surface area contributed by atoms with E-state index in [1.54, 1.807) is 13.0 Å². The Kier molecular flexibility index (Phi) is 3.12. The second-order valence-electron chi connectivity index (χ2n) is 2.96. The molecule has 5 nitrogen and oxygen atoms in total. The van der Waals surface area contributed by atoms with Crippen molar-refractivity contribution in [3.63, 3.8) is 0 Å². The van der Waals surface area contributed by atoms with E-state index in [9.17, 15) is 4.79 Å². The Morgan fingerprint density at radius 3 is 3.00 bits per heavy atom. The zero-order valence-corrected chi connectivity index (χ0v) is 9.84. The molecule has 2 aromatic rings. The van der Waals surface area contributed by atoms with Gasteiger partial charge in [0.25, 0.3) is 5.91 Å². The van der Waals surface area contributed by atoms with E-state index >= 15 is 0 Å². The topological polar surface area (TPSA) is 67.8 Å². The van der Waals surface area contributed by atoms with Crippen LogP contribution in [0.4, 0.5) is 5.13 Å². The molecule has 0 radical (unpaired) electrons. The molecule has 0 unspecified atom stereocenters. The first kappa shape index (κ1) is 11.0. The van der Waals surface area contributed by atoms with Crippen LogP contribution in [0.3, 0.4) is 0 Å². The summed E-state index contributed by atoms with van der Waals surface area (Å²) in [6.07, 6.45) is 1.47. The molecular weight excluding hydrogens is 248 g/mol. The molecule has 7 heteroatoms. The number of aryl methyl sites for hydroxylation is 1. The molecule has 0 aliphatic carbocycles. The summed E-state index contributed by atoms with van der Waals surface area (Å²) in [6, 6.07) is 3.10. The normalized spacial score (nSPS) is 10.1. The number of amides is 1. The summed E-state index contributed by atoms with van der Waals surface area (Å²) in [5, 5.41) is 3.51. The van der Waals surface area contributed by atoms with E-state index in [4.69, 9.17) is 11.6 Å². The summed E-state index contributed by atoms with van der Waals surface area (Å²) in [4.78, 5) is 19.6. The number of nitrogens with zero attached hydrogens (tertiary/aromatic N) is 3. The Labute approximate surface area is 101 Å². The molecule has 0 spiro atoms. The van der Waals surface area contributed by atoms with Gasteiger partial charge in [-0.3, -0.25) is 15.1 Å². The van der Waals surface area contributed by atoms with Crippen molar-refractivity contribution in [2.24, 2.45) is 0 Å². The lowest BCUT2D eigenvalue weighted by molar-refractivity contribution is 0.102. The summed E-state index contributed by atoms with van der Waals surface area (Å²) in [5.74, 6) is 0.276. The third kappa shape index (κ3) is 2.53. The monoisotopic (exact) mass is 254 g/mol. The highest BCUT2D eigenvalue weighted by molar-refractivity contribution is 7.09. The Balaban J connectivity index is 2.14. The Bertz CT molecular complexity index is 528. The van der Waals surface area contributed by atoms with E-state index < -0.39 is 0 Å². The van der Waals surface area contributed by atoms with Gasteiger partial charge in [0.2, 0.25) is 5.13 Å². The van der Waals surface area contributed by atoms with E-state index in [2.05, 4.69) is 19.7 Å². The first-order valence-electron chi connectivity index (χ1n) is 4.38. The van der Waals surface area contributed by atoms with Gasteiger partial charge in [-0.2, -0.15) is 4.37 Å². The predicted molar refractivity (Wildman–Crippen MR) is 61.8 cm³/mol. The number of carbonyl (C=O) groups excluding carboxylic acids is 1. The van der Waals surface area contributed by atoms with Crippen molar-refractivity contribution in [1.29, 1.82) is 0 Å². The van der Waals surface area contributed by atoms with Crippen molar-refractivity contribution in [1.82, 2.24) is 14.3 Å². The van der Waals surface area contributed by atoms with Gasteiger partial charge in [0, 0.05) is 22.8 Å². The van der Waals surface area contributed by atoms with Crippen LogP contribution < -0.4 is 5.32 Å². The molecule has 1 N–H and O–H groups in total. The predicted octanol–water partition coefficient (Wildman–Crippen LogP) is 2.15. The lowest BCUT2D eigenvalue weighted by Crippen LogP contribution is -2.13. The van der Waals surface area contributed by atoms with Crippen LogP contribution >= 0.6 is 23.1 Å². The maximum Gasteiger partial charge on any atom is 0.276 e. The number of hydrogen-bond donors (Lipinski definition) is 1. The molecule has 0 aliphatic rings. The van der Waals surface area contributed by atoms with Gasteiger partial charge in [-0.25, -0.2) is 4.98 Å². The lowest BCUT2D eigenvalue weighted by atomic mass is 10.3. The van der Waals surface area contributed by atoms with Gasteiger partial charge in [0.1, 0.15) is 11.5 Å². The van der Waals surface area contributed by atoms with E-state index in [-0.39, 0.29) is 11.6 Å². The molecule has 2 rings (SSSR count). The van der Waals surface area contributed by atoms with Gasteiger partial charge in [-0.1, -0.05) is 11.6 Å². The van der Waals surface area contributed by atoms with Crippen molar-refractivity contribution in [3.05, 3.63) is 34.9 Å². The number of hydrogen-bond acceptors (Lipinski definition) is 5. The zero-order valence-electron chi connectivity index (χ0n) is 8.27. The highest BCUT2D eigenvalue weighted by Gasteiger charge is 2.10. The van der Waals surface area contributed by atoms with Crippen molar-refractivity contribution >= 4 is 34.2 Å². The van der Waals surface area contributed by atoms with E-state index in [1.165, 1.54) is 12.3 Å². The summed E-state index contributed by atoms with van der Waals surface area (Å²) < 4.78 is 3.95. The number of nitrogens with one attached hydrogen (secondary N) is 1. The van der Waals surface area contributed by atoms with Gasteiger partial charge < -0.3 is 0 Å². The minimum Gasteiger partial charge on any atom is -0.295 e. The summed E-state index contributed by atoms with van der Waals surface area (Å²) in [5.41, 5.74) is 0.250. The van der Waals surface area contributed by atoms with Crippen molar-refractivity contribution in [3.8, 4) is 0 Å². The zero-order chi connectivity index (χ0) is 11.5. The Morgan fingerprint density at radius 2 is 2.38 bits per heavy atom. The molecular formula is C9H7ClN4OS. The minimum absolute atomic E-state index is 0.250. The van der Waals surface area contributed by atoms with Crippen LogP contribution in [0.15, 0.2) is 18.3 Å². The Hall–Kier alpha value is -1.53. The summed E-state index contributed by atoms with van der Waals surface area (Å²) >= 11 is 6.87. The average Bonchev–Trinajstić information content (AvgIpc) is 2.64. The summed E-state index contributed by atoms with van der Waals surface area (Å²) in [6.45, 7) is 1.75. The highest BCUT2D eigenvalue weighted by Crippen LogP contribution is 2.13. The molecule has 0 aliphatic heterocycles. The number of pyridine rings is 1. The smallest absolute Gasteiger partial charge is 0.276 e. The van der Waals surface area contributed by atoms with Gasteiger partial charge >= 0.3 is 0 Å². The number of anilines is 1. The van der Waals surface area contributed by atoms with Crippen LogP contribution in [-0.4, -0.2) is 20.2 Å². The SMILES string of the molecule is Cc1nsc(NC(=O)c2cc(Cl)ccn2)n1. The molecule has 2 heterocycles. The maximum atomic E-state index is 11.7. The fraction of sp³-hybridized carbons (Fsp3) is 0.111. The van der Waals surface area contributed by atoms with Crippen LogP contribution in [0.2, 0.25) is 5.02 Å². The first-order chi connectivity index (χ1) is 7.65. The standard InChI is InChI=1S/C9H7ClN4OS/c1-5-12-9(16-14-5)13-8(15)7-4-6(10)2-3-11-7/h2-4H,1H3,(H,12,13,14,15). The molecule has 0 aromatic carbocycles. The fourth-order valence-electron chi connectivity index (χ4n) is 1.04. The van der Waals surface area contributed by atoms with Gasteiger partial charge in [0.05, 0.1) is 0 Å². The van der Waals surface area contributed by atoms with Crippen LogP contribution in [0.1, 0.15) is 16.3 Å². The second kappa shape index (κ2) is 4.54. The molecule has 0 atom stereocenters. The number of aromatic nitrogens is 3. The van der Waals surface area contributed by atoms with Crippen LogP contribution in [0.25, 0.3) is 0 Å². The van der Waals surface area contributed by atoms with E-state index in [0.29, 0.717) is 16.0 Å². The Morgan fingerprint density at radius 1 is 1.56 bits per heavy atom. The lowest BCUT2D eigenvalue weighted by Gasteiger charge is -1.99. The molecule has 16 heavy (non-hydrogen) atoms. The maximum absolute atomic E-state index is 11.7. The number of rotatable bonds is 2. The minimum atomic E-state index is -0.348. The average molecular weight is 255 g/mol. The molecule has 2 aromatic heterocycles. The third-order valence-electron chi connectivity index (χ3n) is 1.70. The molecule has 82 valence electrons. The van der Waals surface area contributed by atoms with Crippen molar-refractivity contribution in [2.45, 2.75) is 6.92 Å². The third-order valence-corrected chi connectivity index (χ3v) is 2.66. The fourth-order valence-corrected chi connectivity index (χ4v) is 1.77. The molecule has 0 saturated carbocycles. The van der Waals surface area contributed by atoms with Crippen molar-refractivity contribution < 1.29 is 4.79 Å².